The van der Waals surface area contributed by atoms with Crippen LogP contribution in [0.3, 0.4) is 0 Å². The Hall–Kier alpha value is -2.14. The van der Waals surface area contributed by atoms with Crippen LogP contribution in [0.4, 0.5) is 0 Å². The maximum Gasteiger partial charge on any atom is 0.231 e. The van der Waals surface area contributed by atoms with Crippen molar-refractivity contribution >= 4 is 29.9 Å². The molecule has 2 aliphatic rings. The Morgan fingerprint density at radius 3 is 2.74 bits per heavy atom. The van der Waals surface area contributed by atoms with E-state index in [0.717, 1.165) is 48.6 Å². The first-order chi connectivity index (χ1) is 14.8. The summed E-state index contributed by atoms with van der Waals surface area (Å²) in [5.74, 6) is 3.97. The van der Waals surface area contributed by atoms with Gasteiger partial charge in [-0.05, 0) is 50.2 Å². The van der Waals surface area contributed by atoms with Crippen LogP contribution in [0.1, 0.15) is 31.1 Å². The lowest BCUT2D eigenvalue weighted by molar-refractivity contribution is 0.146. The van der Waals surface area contributed by atoms with Gasteiger partial charge in [-0.2, -0.15) is 0 Å². The molecule has 31 heavy (non-hydrogen) atoms. The lowest BCUT2D eigenvalue weighted by Crippen LogP contribution is -2.45. The van der Waals surface area contributed by atoms with Crippen molar-refractivity contribution in [3.8, 4) is 17.2 Å². The van der Waals surface area contributed by atoms with E-state index >= 15 is 0 Å². The molecule has 2 aliphatic heterocycles. The van der Waals surface area contributed by atoms with E-state index in [1.54, 1.807) is 13.3 Å². The zero-order chi connectivity index (χ0) is 20.6. The topological polar surface area (TPSA) is 80.5 Å². The highest BCUT2D eigenvalue weighted by molar-refractivity contribution is 14.0. The minimum absolute atomic E-state index is 0. The largest absolute Gasteiger partial charge is 0.492 e. The number of furan rings is 1. The third kappa shape index (κ3) is 6.42. The first-order valence-electron chi connectivity index (χ1n) is 10.6. The van der Waals surface area contributed by atoms with Crippen LogP contribution in [0, 0.1) is 0 Å². The zero-order valence-electron chi connectivity index (χ0n) is 17.8. The normalized spacial score (nSPS) is 17.0. The summed E-state index contributed by atoms with van der Waals surface area (Å²) in [6, 6.07) is 9.79. The van der Waals surface area contributed by atoms with E-state index in [4.69, 9.17) is 18.6 Å². The van der Waals surface area contributed by atoms with Crippen LogP contribution in [0.2, 0.25) is 0 Å². The Bertz CT molecular complexity index is 825. The van der Waals surface area contributed by atoms with Crippen LogP contribution in [-0.2, 0) is 0 Å². The van der Waals surface area contributed by atoms with Crippen molar-refractivity contribution in [1.82, 2.24) is 15.5 Å². The van der Waals surface area contributed by atoms with E-state index in [-0.39, 0.29) is 36.8 Å². The predicted octanol–water partition coefficient (Wildman–Crippen LogP) is 3.40. The third-order valence-corrected chi connectivity index (χ3v) is 5.40. The monoisotopic (exact) mass is 542 g/mol. The average molecular weight is 542 g/mol. The molecule has 1 saturated heterocycles. The van der Waals surface area contributed by atoms with E-state index in [1.807, 2.05) is 24.3 Å². The van der Waals surface area contributed by atoms with Crippen LogP contribution >= 0.6 is 24.0 Å². The van der Waals surface area contributed by atoms with Gasteiger partial charge in [-0.1, -0.05) is 6.42 Å². The number of aliphatic imine (C=N–C) groups is 1. The molecule has 1 aromatic carbocycles. The molecule has 1 unspecified atom stereocenters. The van der Waals surface area contributed by atoms with Gasteiger partial charge in [-0.25, -0.2) is 0 Å². The van der Waals surface area contributed by atoms with Crippen LogP contribution < -0.4 is 24.8 Å². The van der Waals surface area contributed by atoms with Crippen molar-refractivity contribution in [1.29, 1.82) is 0 Å². The van der Waals surface area contributed by atoms with Crippen molar-refractivity contribution in [3.63, 3.8) is 0 Å². The summed E-state index contributed by atoms with van der Waals surface area (Å²) < 4.78 is 22.2. The predicted molar refractivity (Wildman–Crippen MR) is 130 cm³/mol. The van der Waals surface area contributed by atoms with Crippen molar-refractivity contribution in [3.05, 3.63) is 42.4 Å². The number of halogens is 1. The molecule has 0 saturated carbocycles. The van der Waals surface area contributed by atoms with Gasteiger partial charge in [0.15, 0.2) is 17.5 Å². The zero-order valence-corrected chi connectivity index (χ0v) is 20.2. The number of piperidine rings is 1. The number of likely N-dealkylation sites (tertiary alicyclic amines) is 1. The van der Waals surface area contributed by atoms with Crippen LogP contribution in [0.25, 0.3) is 0 Å². The molecule has 0 amide bonds. The second-order valence-corrected chi connectivity index (χ2v) is 7.37. The maximum absolute atomic E-state index is 5.80. The van der Waals surface area contributed by atoms with Gasteiger partial charge in [0.1, 0.15) is 18.1 Å². The highest BCUT2D eigenvalue weighted by Gasteiger charge is 2.24. The molecule has 0 bridgehead atoms. The van der Waals surface area contributed by atoms with E-state index in [9.17, 15) is 0 Å². The van der Waals surface area contributed by atoms with E-state index in [2.05, 4.69) is 26.6 Å². The van der Waals surface area contributed by atoms with Gasteiger partial charge in [-0.15, -0.1) is 24.0 Å². The summed E-state index contributed by atoms with van der Waals surface area (Å²) in [5, 5.41) is 6.74. The first kappa shape index (κ1) is 23.5. The van der Waals surface area contributed by atoms with Gasteiger partial charge in [0, 0.05) is 19.7 Å². The number of ether oxygens (including phenoxy) is 3. The summed E-state index contributed by atoms with van der Waals surface area (Å²) in [6.45, 7) is 4.33. The average Bonchev–Trinajstić information content (AvgIpc) is 3.48. The molecule has 1 aromatic heterocycles. The maximum atomic E-state index is 5.80. The van der Waals surface area contributed by atoms with E-state index < -0.39 is 0 Å². The van der Waals surface area contributed by atoms with Crippen molar-refractivity contribution in [2.75, 3.05) is 46.6 Å². The summed E-state index contributed by atoms with van der Waals surface area (Å²) >= 11 is 0. The van der Waals surface area contributed by atoms with Crippen molar-refractivity contribution in [2.45, 2.75) is 25.3 Å². The number of nitrogens with one attached hydrogen (secondary N) is 2. The Morgan fingerprint density at radius 2 is 1.97 bits per heavy atom. The Kier molecular flexibility index (Phi) is 9.13. The Balaban J connectivity index is 0.00000272. The molecule has 4 rings (SSSR count). The van der Waals surface area contributed by atoms with E-state index in [0.29, 0.717) is 13.2 Å². The van der Waals surface area contributed by atoms with Crippen LogP contribution in [0.5, 0.6) is 17.2 Å². The first-order valence-corrected chi connectivity index (χ1v) is 10.6. The summed E-state index contributed by atoms with van der Waals surface area (Å²) in [5.41, 5.74) is 0. The molecular weight excluding hydrogens is 511 g/mol. The molecule has 2 N–H and O–H groups in total. The number of nitrogens with zero attached hydrogens (tertiary/aromatic N) is 2. The standard InChI is InChI=1S/C22H30N4O4.HI/c1-23-22(24-9-13-27-17-7-8-20-21(14-17)30-16-29-20)25-15-18(19-6-5-12-28-19)26-10-3-2-4-11-26;/h5-8,12,14,18H,2-4,9-11,13,15-16H2,1H3,(H2,23,24,25);1H. The molecule has 8 nitrogen and oxygen atoms in total. The molecule has 3 heterocycles. The minimum atomic E-state index is 0. The highest BCUT2D eigenvalue weighted by Crippen LogP contribution is 2.35. The number of guanidine groups is 1. The Labute approximate surface area is 200 Å². The smallest absolute Gasteiger partial charge is 0.231 e. The van der Waals surface area contributed by atoms with Gasteiger partial charge >= 0.3 is 0 Å². The van der Waals surface area contributed by atoms with Crippen LogP contribution in [0.15, 0.2) is 46.0 Å². The van der Waals surface area contributed by atoms with Crippen molar-refractivity contribution in [2.24, 2.45) is 4.99 Å². The lowest BCUT2D eigenvalue weighted by Gasteiger charge is -2.33. The molecule has 9 heteroatoms. The van der Waals surface area contributed by atoms with Gasteiger partial charge in [-0.3, -0.25) is 9.89 Å². The fourth-order valence-electron chi connectivity index (χ4n) is 3.84. The van der Waals surface area contributed by atoms with Crippen LogP contribution in [-0.4, -0.2) is 57.5 Å². The summed E-state index contributed by atoms with van der Waals surface area (Å²) in [4.78, 5) is 6.82. The van der Waals surface area contributed by atoms with Gasteiger partial charge in [0.2, 0.25) is 6.79 Å². The summed E-state index contributed by atoms with van der Waals surface area (Å²) in [7, 11) is 1.77. The second-order valence-electron chi connectivity index (χ2n) is 7.37. The fraction of sp³-hybridized carbons (Fsp3) is 0.500. The quantitative estimate of drug-likeness (QED) is 0.229. The number of benzene rings is 1. The van der Waals surface area contributed by atoms with E-state index in [1.165, 1.54) is 19.3 Å². The highest BCUT2D eigenvalue weighted by atomic mass is 127. The van der Waals surface area contributed by atoms with Gasteiger partial charge < -0.3 is 29.3 Å². The summed E-state index contributed by atoms with van der Waals surface area (Å²) in [6.07, 6.45) is 5.52. The lowest BCUT2D eigenvalue weighted by atomic mass is 10.1. The van der Waals surface area contributed by atoms with Crippen molar-refractivity contribution < 1.29 is 18.6 Å². The molecule has 0 radical (unpaired) electrons. The van der Waals surface area contributed by atoms with Gasteiger partial charge in [0.05, 0.1) is 18.8 Å². The molecular formula is C22H31IN4O4. The molecule has 0 spiro atoms. The number of hydrogen-bond acceptors (Lipinski definition) is 6. The molecule has 170 valence electrons. The number of rotatable bonds is 8. The number of fused-ring (bicyclic) bond motifs is 1. The third-order valence-electron chi connectivity index (χ3n) is 5.40. The van der Waals surface area contributed by atoms with Gasteiger partial charge in [0.25, 0.3) is 0 Å². The minimum Gasteiger partial charge on any atom is -0.492 e. The molecule has 0 aliphatic carbocycles. The Morgan fingerprint density at radius 1 is 1.13 bits per heavy atom. The molecule has 2 aromatic rings. The molecule has 1 atom stereocenters. The SMILES string of the molecule is CN=C(NCCOc1ccc2c(c1)OCO2)NCC(c1ccco1)N1CCCCC1.I. The second kappa shape index (κ2) is 12.0. The number of hydrogen-bond donors (Lipinski definition) is 2. The fourth-order valence-corrected chi connectivity index (χ4v) is 3.84. The molecule has 1 fully saturated rings.